The van der Waals surface area contributed by atoms with E-state index in [1.807, 2.05) is 19.1 Å². The molecule has 114 valence electrons. The number of benzene rings is 2. The number of rotatable bonds is 2. The molecule has 0 N–H and O–H groups in total. The van der Waals surface area contributed by atoms with E-state index in [2.05, 4.69) is 37.3 Å². The summed E-state index contributed by atoms with van der Waals surface area (Å²) in [6, 6.07) is 13.9. The third-order valence-electron chi connectivity index (χ3n) is 4.85. The smallest absolute Gasteiger partial charge is 0.131 e. The van der Waals surface area contributed by atoms with E-state index >= 15 is 0 Å². The molecule has 22 heavy (non-hydrogen) atoms. The second kappa shape index (κ2) is 6.48. The van der Waals surface area contributed by atoms with Crippen molar-refractivity contribution >= 4 is 0 Å². The zero-order chi connectivity index (χ0) is 15.5. The van der Waals surface area contributed by atoms with Gasteiger partial charge in [0.2, 0.25) is 0 Å². The van der Waals surface area contributed by atoms with Gasteiger partial charge in [-0.3, -0.25) is 0 Å². The molecular weight excluding hydrogens is 271 g/mol. The highest BCUT2D eigenvalue weighted by Gasteiger charge is 2.18. The van der Waals surface area contributed by atoms with E-state index in [4.69, 9.17) is 0 Å². The van der Waals surface area contributed by atoms with Gasteiger partial charge in [0, 0.05) is 5.56 Å². The lowest BCUT2D eigenvalue weighted by molar-refractivity contribution is 0.516. The van der Waals surface area contributed by atoms with Gasteiger partial charge >= 0.3 is 0 Å². The van der Waals surface area contributed by atoms with Gasteiger partial charge in [-0.05, 0) is 68.2 Å². The van der Waals surface area contributed by atoms with Crippen LogP contribution in [-0.4, -0.2) is 0 Å². The largest absolute Gasteiger partial charge is 0.206 e. The van der Waals surface area contributed by atoms with E-state index in [1.54, 1.807) is 11.6 Å². The van der Waals surface area contributed by atoms with Crippen molar-refractivity contribution in [2.45, 2.75) is 45.4 Å². The Hall–Kier alpha value is -1.89. The SMILES string of the molecule is CC=C1CCC(c2ccc(-c3ccc(C)cc3F)cc2)CC1. The van der Waals surface area contributed by atoms with Crippen LogP contribution in [0.5, 0.6) is 0 Å². The fraction of sp³-hybridized carbons (Fsp3) is 0.333. The summed E-state index contributed by atoms with van der Waals surface area (Å²) in [6.45, 7) is 4.05. The summed E-state index contributed by atoms with van der Waals surface area (Å²) < 4.78 is 14.1. The first-order valence-corrected chi connectivity index (χ1v) is 8.18. The fourth-order valence-corrected chi connectivity index (χ4v) is 3.40. The molecule has 1 aliphatic rings. The van der Waals surface area contributed by atoms with E-state index in [9.17, 15) is 4.39 Å². The van der Waals surface area contributed by atoms with Crippen LogP contribution in [0.3, 0.4) is 0 Å². The first-order chi connectivity index (χ1) is 10.7. The summed E-state index contributed by atoms with van der Waals surface area (Å²) in [7, 11) is 0. The Morgan fingerprint density at radius 1 is 1.00 bits per heavy atom. The monoisotopic (exact) mass is 294 g/mol. The Labute approximate surface area is 132 Å². The van der Waals surface area contributed by atoms with E-state index in [1.165, 1.54) is 31.2 Å². The van der Waals surface area contributed by atoms with Crippen molar-refractivity contribution in [3.63, 3.8) is 0 Å². The fourth-order valence-electron chi connectivity index (χ4n) is 3.40. The number of aryl methyl sites for hydroxylation is 1. The second-order valence-corrected chi connectivity index (χ2v) is 6.33. The van der Waals surface area contributed by atoms with Gasteiger partial charge in [0.1, 0.15) is 5.82 Å². The van der Waals surface area contributed by atoms with Crippen molar-refractivity contribution in [2.75, 3.05) is 0 Å². The van der Waals surface area contributed by atoms with Crippen LogP contribution >= 0.6 is 0 Å². The van der Waals surface area contributed by atoms with E-state index < -0.39 is 0 Å². The zero-order valence-electron chi connectivity index (χ0n) is 13.4. The lowest BCUT2D eigenvalue weighted by Crippen LogP contribution is -2.06. The van der Waals surface area contributed by atoms with Crippen LogP contribution in [-0.2, 0) is 0 Å². The molecule has 0 unspecified atom stereocenters. The molecule has 1 heteroatoms. The molecule has 2 aromatic carbocycles. The van der Waals surface area contributed by atoms with Crippen LogP contribution in [0.1, 0.15) is 49.7 Å². The molecule has 0 saturated heterocycles. The maximum atomic E-state index is 14.1. The summed E-state index contributed by atoms with van der Waals surface area (Å²) >= 11 is 0. The van der Waals surface area contributed by atoms with Crippen molar-refractivity contribution in [1.82, 2.24) is 0 Å². The van der Waals surface area contributed by atoms with E-state index in [-0.39, 0.29) is 5.82 Å². The Kier molecular flexibility index (Phi) is 4.42. The Bertz CT molecular complexity index is 670. The van der Waals surface area contributed by atoms with Gasteiger partial charge in [-0.2, -0.15) is 0 Å². The molecule has 0 radical (unpaired) electrons. The summed E-state index contributed by atoms with van der Waals surface area (Å²) in [5, 5.41) is 0. The highest BCUT2D eigenvalue weighted by molar-refractivity contribution is 5.64. The summed E-state index contributed by atoms with van der Waals surface area (Å²) in [5.74, 6) is 0.517. The lowest BCUT2D eigenvalue weighted by Gasteiger charge is -2.24. The number of hydrogen-bond donors (Lipinski definition) is 0. The van der Waals surface area contributed by atoms with Crippen molar-refractivity contribution in [3.8, 4) is 11.1 Å². The highest BCUT2D eigenvalue weighted by atomic mass is 19.1. The minimum atomic E-state index is -0.136. The minimum Gasteiger partial charge on any atom is -0.206 e. The third kappa shape index (κ3) is 3.14. The van der Waals surface area contributed by atoms with Gasteiger partial charge < -0.3 is 0 Å². The normalized spacial score (nSPS) is 18.3. The van der Waals surface area contributed by atoms with Gasteiger partial charge in [-0.25, -0.2) is 4.39 Å². The number of hydrogen-bond acceptors (Lipinski definition) is 0. The van der Waals surface area contributed by atoms with Gasteiger partial charge in [-0.1, -0.05) is 48.0 Å². The maximum Gasteiger partial charge on any atom is 0.131 e. The molecule has 1 saturated carbocycles. The van der Waals surface area contributed by atoms with Gasteiger partial charge in [0.05, 0.1) is 0 Å². The van der Waals surface area contributed by atoms with E-state index in [0.717, 1.165) is 11.1 Å². The predicted octanol–water partition coefficient (Wildman–Crippen LogP) is 6.41. The van der Waals surface area contributed by atoms with Gasteiger partial charge in [-0.15, -0.1) is 0 Å². The molecule has 0 nitrogen and oxygen atoms in total. The first-order valence-electron chi connectivity index (χ1n) is 8.18. The van der Waals surface area contributed by atoms with Crippen LogP contribution in [0, 0.1) is 12.7 Å². The van der Waals surface area contributed by atoms with Crippen LogP contribution in [0.25, 0.3) is 11.1 Å². The third-order valence-corrected chi connectivity index (χ3v) is 4.85. The van der Waals surface area contributed by atoms with Crippen molar-refractivity contribution in [3.05, 3.63) is 71.1 Å². The highest BCUT2D eigenvalue weighted by Crippen LogP contribution is 2.36. The van der Waals surface area contributed by atoms with Crippen LogP contribution in [0.4, 0.5) is 4.39 Å². The quantitative estimate of drug-likeness (QED) is 0.562. The van der Waals surface area contributed by atoms with Crippen molar-refractivity contribution in [2.24, 2.45) is 0 Å². The number of halogens is 1. The summed E-state index contributed by atoms with van der Waals surface area (Å²) in [4.78, 5) is 0. The molecule has 0 amide bonds. The molecule has 1 aliphatic carbocycles. The molecule has 0 spiro atoms. The zero-order valence-corrected chi connectivity index (χ0v) is 13.4. The summed E-state index contributed by atoms with van der Waals surface area (Å²) in [6.07, 6.45) is 7.17. The standard InChI is InChI=1S/C21H23F/c1-3-16-5-7-17(8-6-16)18-9-11-19(12-10-18)20-13-4-15(2)14-21(20)22/h3-4,9-14,17H,5-8H2,1-2H3. The molecule has 0 aliphatic heterocycles. The molecule has 1 fully saturated rings. The van der Waals surface area contributed by atoms with Crippen LogP contribution in [0.2, 0.25) is 0 Å². The Morgan fingerprint density at radius 2 is 1.68 bits per heavy atom. The molecule has 0 heterocycles. The summed E-state index contributed by atoms with van der Waals surface area (Å²) in [5.41, 5.74) is 5.60. The molecule has 3 rings (SSSR count). The van der Waals surface area contributed by atoms with Gasteiger partial charge in [0.15, 0.2) is 0 Å². The van der Waals surface area contributed by atoms with Crippen LogP contribution in [0.15, 0.2) is 54.1 Å². The average Bonchev–Trinajstić information content (AvgIpc) is 2.55. The average molecular weight is 294 g/mol. The first kappa shape index (κ1) is 15.0. The van der Waals surface area contributed by atoms with E-state index in [0.29, 0.717) is 11.5 Å². The molecule has 0 bridgehead atoms. The molecule has 2 aromatic rings. The minimum absolute atomic E-state index is 0.136. The molecule has 0 aromatic heterocycles. The predicted molar refractivity (Wildman–Crippen MR) is 91.5 cm³/mol. The maximum absolute atomic E-state index is 14.1. The van der Waals surface area contributed by atoms with Crippen molar-refractivity contribution in [1.29, 1.82) is 0 Å². The topological polar surface area (TPSA) is 0 Å². The van der Waals surface area contributed by atoms with Crippen molar-refractivity contribution < 1.29 is 4.39 Å². The number of allylic oxidation sites excluding steroid dienone is 2. The second-order valence-electron chi connectivity index (χ2n) is 6.33. The molecular formula is C21H23F. The van der Waals surface area contributed by atoms with Crippen LogP contribution < -0.4 is 0 Å². The lowest BCUT2D eigenvalue weighted by atomic mass is 9.81. The Balaban J connectivity index is 1.78. The van der Waals surface area contributed by atoms with Gasteiger partial charge in [0.25, 0.3) is 0 Å². The Morgan fingerprint density at radius 3 is 2.27 bits per heavy atom. The molecule has 0 atom stereocenters.